The second-order valence-corrected chi connectivity index (χ2v) is 11.4. The van der Waals surface area contributed by atoms with Crippen LogP contribution in [-0.2, 0) is 16.1 Å². The third-order valence-corrected chi connectivity index (χ3v) is 7.89. The summed E-state index contributed by atoms with van der Waals surface area (Å²) in [7, 11) is 0. The minimum absolute atomic E-state index is 0.0246. The molecule has 0 bridgehead atoms. The van der Waals surface area contributed by atoms with Crippen LogP contribution in [0.15, 0.2) is 54.6 Å². The molecule has 7 nitrogen and oxygen atoms in total. The summed E-state index contributed by atoms with van der Waals surface area (Å²) in [5.74, 6) is -0.100. The Kier molecular flexibility index (Phi) is 9.39. The number of carbonyl (C=O) groups is 2. The number of hydrogen-bond donors (Lipinski definition) is 2. The number of piperidine rings is 1. The zero-order chi connectivity index (χ0) is 27.1. The van der Waals surface area contributed by atoms with E-state index in [0.29, 0.717) is 51.4 Å². The SMILES string of the molecule is CC1(C)COCCC[C@H]2CN(C(=O)Nc3cccc(F)c3)CC[C@H]2CC(=O)N(Cc2ccccc2)C[C@@H]1O. The maximum Gasteiger partial charge on any atom is 0.321 e. The number of rotatable bonds is 3. The Morgan fingerprint density at radius 1 is 1.11 bits per heavy atom. The number of nitrogens with one attached hydrogen (secondary N) is 1. The highest BCUT2D eigenvalue weighted by Gasteiger charge is 2.36. The van der Waals surface area contributed by atoms with E-state index >= 15 is 0 Å². The molecule has 4 rings (SSSR count). The normalized spacial score (nSPS) is 24.9. The smallest absolute Gasteiger partial charge is 0.321 e. The number of nitrogens with zero attached hydrogens (tertiary/aromatic N) is 2. The van der Waals surface area contributed by atoms with Gasteiger partial charge in [0.05, 0.1) is 12.7 Å². The fourth-order valence-electron chi connectivity index (χ4n) is 5.38. The van der Waals surface area contributed by atoms with Crippen LogP contribution < -0.4 is 5.32 Å². The van der Waals surface area contributed by atoms with Gasteiger partial charge in [0.2, 0.25) is 5.91 Å². The van der Waals surface area contributed by atoms with E-state index in [1.807, 2.05) is 44.2 Å². The van der Waals surface area contributed by atoms with Crippen molar-refractivity contribution in [2.75, 3.05) is 38.2 Å². The van der Waals surface area contributed by atoms with Crippen molar-refractivity contribution in [1.29, 1.82) is 0 Å². The molecule has 0 aromatic heterocycles. The van der Waals surface area contributed by atoms with Crippen molar-refractivity contribution in [3.8, 4) is 0 Å². The first-order valence-corrected chi connectivity index (χ1v) is 13.6. The summed E-state index contributed by atoms with van der Waals surface area (Å²) in [6.45, 7) is 6.65. The highest BCUT2D eigenvalue weighted by atomic mass is 19.1. The molecule has 0 aliphatic carbocycles. The van der Waals surface area contributed by atoms with Crippen molar-refractivity contribution in [2.24, 2.45) is 17.3 Å². The molecule has 3 amide bonds. The summed E-state index contributed by atoms with van der Waals surface area (Å²) >= 11 is 0. The highest BCUT2D eigenvalue weighted by molar-refractivity contribution is 5.89. The van der Waals surface area contributed by atoms with E-state index in [2.05, 4.69) is 5.32 Å². The Hall–Kier alpha value is -2.97. The molecule has 2 aromatic carbocycles. The lowest BCUT2D eigenvalue weighted by Gasteiger charge is -2.39. The van der Waals surface area contributed by atoms with Crippen LogP contribution in [0.2, 0.25) is 0 Å². The average molecular weight is 526 g/mol. The molecule has 38 heavy (non-hydrogen) atoms. The Balaban J connectivity index is 1.48. The molecule has 206 valence electrons. The number of anilines is 1. The van der Waals surface area contributed by atoms with Gasteiger partial charge in [-0.3, -0.25) is 4.79 Å². The summed E-state index contributed by atoms with van der Waals surface area (Å²) < 4.78 is 19.5. The molecular formula is C30H40FN3O4. The van der Waals surface area contributed by atoms with Crippen LogP contribution in [0.5, 0.6) is 0 Å². The van der Waals surface area contributed by atoms with Crippen LogP contribution in [0, 0.1) is 23.1 Å². The standard InChI is InChI=1S/C30H40FN3O4/c1-30(2)21-38-15-7-10-24-19-33(29(37)32-26-12-6-11-25(31)17-26)14-13-23(24)16-28(36)34(20-27(30)35)18-22-8-4-3-5-9-22/h3-6,8-9,11-12,17,23-24,27,35H,7,10,13-16,18-21H2,1-2H3,(H,32,37)/t23-,24-,27-/m0/s1. The van der Waals surface area contributed by atoms with Gasteiger partial charge in [-0.05, 0) is 54.9 Å². The maximum atomic E-state index is 13.7. The fourth-order valence-corrected chi connectivity index (χ4v) is 5.38. The third kappa shape index (κ3) is 7.54. The maximum absolute atomic E-state index is 13.7. The largest absolute Gasteiger partial charge is 0.391 e. The first kappa shape index (κ1) is 28.0. The van der Waals surface area contributed by atoms with Crippen LogP contribution in [-0.4, -0.2) is 65.8 Å². The Bertz CT molecular complexity index is 1080. The molecular weight excluding hydrogens is 485 g/mol. The molecule has 8 heteroatoms. The molecule has 0 saturated carbocycles. The van der Waals surface area contributed by atoms with Gasteiger partial charge >= 0.3 is 6.03 Å². The summed E-state index contributed by atoms with van der Waals surface area (Å²) in [6.07, 6.45) is 2.02. The monoisotopic (exact) mass is 525 g/mol. The molecule has 0 spiro atoms. The van der Waals surface area contributed by atoms with E-state index < -0.39 is 17.3 Å². The molecule has 2 fully saturated rings. The summed E-state index contributed by atoms with van der Waals surface area (Å²) in [4.78, 5) is 30.2. The van der Waals surface area contributed by atoms with Crippen molar-refractivity contribution in [3.63, 3.8) is 0 Å². The van der Waals surface area contributed by atoms with Crippen molar-refractivity contribution in [2.45, 2.75) is 52.2 Å². The quantitative estimate of drug-likeness (QED) is 0.597. The predicted octanol–water partition coefficient (Wildman–Crippen LogP) is 4.91. The number of aliphatic hydroxyl groups excluding tert-OH is 1. The topological polar surface area (TPSA) is 82.1 Å². The Morgan fingerprint density at radius 3 is 2.66 bits per heavy atom. The van der Waals surface area contributed by atoms with Crippen molar-refractivity contribution < 1.29 is 23.8 Å². The van der Waals surface area contributed by atoms with E-state index in [9.17, 15) is 19.1 Å². The number of likely N-dealkylation sites (tertiary alicyclic amines) is 1. The summed E-state index contributed by atoms with van der Waals surface area (Å²) in [6, 6.07) is 15.5. The van der Waals surface area contributed by atoms with E-state index in [1.54, 1.807) is 21.9 Å². The van der Waals surface area contributed by atoms with Gasteiger partial charge in [-0.25, -0.2) is 9.18 Å². The number of halogens is 1. The van der Waals surface area contributed by atoms with Gasteiger partial charge in [0.1, 0.15) is 5.82 Å². The molecule has 2 N–H and O–H groups in total. The lowest BCUT2D eigenvalue weighted by Crippen LogP contribution is -2.48. The average Bonchev–Trinajstić information content (AvgIpc) is 2.89. The number of amides is 3. The van der Waals surface area contributed by atoms with Gasteiger partial charge in [0.15, 0.2) is 0 Å². The third-order valence-electron chi connectivity index (χ3n) is 7.89. The molecule has 3 atom stereocenters. The van der Waals surface area contributed by atoms with E-state index in [0.717, 1.165) is 18.4 Å². The summed E-state index contributed by atoms with van der Waals surface area (Å²) in [5, 5.41) is 13.9. The second-order valence-electron chi connectivity index (χ2n) is 11.4. The van der Waals surface area contributed by atoms with Crippen LogP contribution in [0.25, 0.3) is 0 Å². The number of benzene rings is 2. The molecule has 2 heterocycles. The number of carbonyl (C=O) groups excluding carboxylic acids is 2. The lowest BCUT2D eigenvalue weighted by atomic mass is 9.80. The van der Waals surface area contributed by atoms with Gasteiger partial charge in [0, 0.05) is 50.3 Å². The summed E-state index contributed by atoms with van der Waals surface area (Å²) in [5.41, 5.74) is 0.946. The highest BCUT2D eigenvalue weighted by Crippen LogP contribution is 2.32. The zero-order valence-corrected chi connectivity index (χ0v) is 22.4. The minimum atomic E-state index is -0.722. The number of ether oxygens (including phenoxy) is 1. The number of hydrogen-bond acceptors (Lipinski definition) is 4. The van der Waals surface area contributed by atoms with Gasteiger partial charge in [0.25, 0.3) is 0 Å². The molecule has 2 aliphatic heterocycles. The molecule has 0 unspecified atom stereocenters. The van der Waals surface area contributed by atoms with Gasteiger partial charge in [-0.15, -0.1) is 0 Å². The second kappa shape index (κ2) is 12.7. The van der Waals surface area contributed by atoms with Crippen molar-refractivity contribution >= 4 is 17.6 Å². The van der Waals surface area contributed by atoms with Gasteiger partial charge in [-0.1, -0.05) is 50.2 Å². The van der Waals surface area contributed by atoms with Crippen molar-refractivity contribution in [1.82, 2.24) is 9.80 Å². The van der Waals surface area contributed by atoms with E-state index in [4.69, 9.17) is 4.74 Å². The number of aliphatic hydroxyl groups is 1. The first-order valence-electron chi connectivity index (χ1n) is 13.6. The van der Waals surface area contributed by atoms with Gasteiger partial charge in [-0.2, -0.15) is 0 Å². The molecule has 2 aliphatic rings. The van der Waals surface area contributed by atoms with E-state index in [1.165, 1.54) is 12.1 Å². The number of β-amino-alcohol motifs (C(OH)–C–C–N with tert-alkyl or cyclic N) is 1. The number of fused-ring (bicyclic) bond motifs is 1. The lowest BCUT2D eigenvalue weighted by molar-refractivity contribution is -0.137. The predicted molar refractivity (Wildman–Crippen MR) is 145 cm³/mol. The van der Waals surface area contributed by atoms with Crippen LogP contribution in [0.3, 0.4) is 0 Å². The van der Waals surface area contributed by atoms with Crippen molar-refractivity contribution in [3.05, 3.63) is 66.0 Å². The minimum Gasteiger partial charge on any atom is -0.391 e. The molecule has 0 radical (unpaired) electrons. The Labute approximate surface area is 225 Å². The zero-order valence-electron chi connectivity index (χ0n) is 22.4. The van der Waals surface area contributed by atoms with Crippen LogP contribution >= 0.6 is 0 Å². The Morgan fingerprint density at radius 2 is 1.89 bits per heavy atom. The first-order chi connectivity index (χ1) is 18.2. The van der Waals surface area contributed by atoms with E-state index in [-0.39, 0.29) is 30.3 Å². The fraction of sp³-hybridized carbons (Fsp3) is 0.533. The molecule has 2 aromatic rings. The number of urea groups is 1. The molecule has 2 saturated heterocycles. The van der Waals surface area contributed by atoms with Gasteiger partial charge < -0.3 is 25.0 Å². The van der Waals surface area contributed by atoms with Crippen LogP contribution in [0.1, 0.15) is 45.1 Å². The van der Waals surface area contributed by atoms with Crippen LogP contribution in [0.4, 0.5) is 14.9 Å².